The first-order valence-electron chi connectivity index (χ1n) is 18.0. The van der Waals surface area contributed by atoms with Crippen molar-refractivity contribution >= 4 is 76.5 Å². The molecule has 0 bridgehead atoms. The fourth-order valence-corrected chi connectivity index (χ4v) is 9.72. The molecule has 0 fully saturated rings. The molecular formula is C51H35NS. The van der Waals surface area contributed by atoms with Crippen LogP contribution in [0.1, 0.15) is 29.3 Å². The topological polar surface area (TPSA) is 4.93 Å². The molecule has 7 aromatic carbocycles. The van der Waals surface area contributed by atoms with E-state index in [-0.39, 0.29) is 0 Å². The van der Waals surface area contributed by atoms with Crippen molar-refractivity contribution in [3.63, 3.8) is 0 Å². The van der Waals surface area contributed by atoms with Gasteiger partial charge < -0.3 is 4.57 Å². The van der Waals surface area contributed by atoms with Gasteiger partial charge in [0.2, 0.25) is 0 Å². The molecule has 1 aliphatic rings. The van der Waals surface area contributed by atoms with E-state index in [0.29, 0.717) is 0 Å². The van der Waals surface area contributed by atoms with Gasteiger partial charge in [-0.15, -0.1) is 11.3 Å². The van der Waals surface area contributed by atoms with Crippen LogP contribution >= 0.6 is 11.3 Å². The normalized spacial score (nSPS) is 12.4. The van der Waals surface area contributed by atoms with Gasteiger partial charge in [-0.1, -0.05) is 123 Å². The minimum Gasteiger partial charge on any atom is -0.309 e. The maximum Gasteiger partial charge on any atom is 0.0541 e. The monoisotopic (exact) mass is 693 g/mol. The van der Waals surface area contributed by atoms with Crippen LogP contribution in [0.15, 0.2) is 165 Å². The first kappa shape index (κ1) is 31.3. The predicted octanol–water partition coefficient (Wildman–Crippen LogP) is 14.9. The average Bonchev–Trinajstić information content (AvgIpc) is 3.84. The van der Waals surface area contributed by atoms with Crippen molar-refractivity contribution in [3.05, 3.63) is 188 Å². The Morgan fingerprint density at radius 1 is 0.491 bits per heavy atom. The molecular weight excluding hydrogens is 659 g/mol. The standard InChI is InChI=1S/C51H35NS/c1-5-39-31(4)43-30-49-51(42-18-12-17-41(39)50(42)43)45-29-37(22-26-48(45)53-49)36-21-25-47-44(28-36)40(6-2)46(7-3)52(47)38-23-19-33(20-24-38)35-16-11-15-34(27-35)32-13-9-8-10-14-32/h5-30H,1-3H2,4H3. The Kier molecular flexibility index (Phi) is 7.11. The van der Waals surface area contributed by atoms with E-state index in [1.165, 1.54) is 86.6 Å². The number of thiophene rings is 1. The zero-order valence-corrected chi connectivity index (χ0v) is 30.3. The molecule has 2 aromatic heterocycles. The molecule has 0 amide bonds. The van der Waals surface area contributed by atoms with E-state index in [1.54, 1.807) is 0 Å². The molecule has 0 aliphatic heterocycles. The predicted molar refractivity (Wildman–Crippen MR) is 233 cm³/mol. The minimum absolute atomic E-state index is 1.04. The number of aromatic nitrogens is 1. The van der Waals surface area contributed by atoms with Crippen molar-refractivity contribution in [1.29, 1.82) is 0 Å². The van der Waals surface area contributed by atoms with Gasteiger partial charge in [-0.2, -0.15) is 0 Å². The third-order valence-electron chi connectivity index (χ3n) is 11.1. The van der Waals surface area contributed by atoms with E-state index >= 15 is 0 Å². The maximum absolute atomic E-state index is 4.25. The third kappa shape index (κ3) is 4.69. The lowest BCUT2D eigenvalue weighted by molar-refractivity contribution is 1.11. The summed E-state index contributed by atoms with van der Waals surface area (Å²) in [5.74, 6) is 0. The zero-order chi connectivity index (χ0) is 35.8. The smallest absolute Gasteiger partial charge is 0.0541 e. The fourth-order valence-electron chi connectivity index (χ4n) is 8.58. The largest absolute Gasteiger partial charge is 0.309 e. The van der Waals surface area contributed by atoms with Crippen LogP contribution < -0.4 is 0 Å². The van der Waals surface area contributed by atoms with E-state index in [9.17, 15) is 0 Å². The summed E-state index contributed by atoms with van der Waals surface area (Å²) in [5, 5.41) is 6.47. The van der Waals surface area contributed by atoms with Gasteiger partial charge in [0.15, 0.2) is 0 Å². The second-order valence-electron chi connectivity index (χ2n) is 13.8. The Bertz CT molecular complexity index is 3040. The van der Waals surface area contributed by atoms with Crippen LogP contribution in [0.25, 0.3) is 104 Å². The van der Waals surface area contributed by atoms with Gasteiger partial charge >= 0.3 is 0 Å². The summed E-state index contributed by atoms with van der Waals surface area (Å²) < 4.78 is 4.94. The highest BCUT2D eigenvalue weighted by atomic mass is 32.1. The molecule has 1 aliphatic carbocycles. The highest BCUT2D eigenvalue weighted by molar-refractivity contribution is 7.26. The van der Waals surface area contributed by atoms with Crippen LogP contribution in [-0.2, 0) is 0 Å². The first-order chi connectivity index (χ1) is 26.1. The molecule has 10 rings (SSSR count). The molecule has 0 N–H and O–H groups in total. The Morgan fingerprint density at radius 2 is 1.15 bits per heavy atom. The average molecular weight is 694 g/mol. The van der Waals surface area contributed by atoms with Crippen LogP contribution in [0.5, 0.6) is 0 Å². The highest BCUT2D eigenvalue weighted by Crippen LogP contribution is 2.49. The van der Waals surface area contributed by atoms with Gasteiger partial charge in [0, 0.05) is 36.8 Å². The molecule has 9 aromatic rings. The van der Waals surface area contributed by atoms with Crippen LogP contribution in [0.4, 0.5) is 0 Å². The number of fused-ring (bicyclic) bond motifs is 5. The Morgan fingerprint density at radius 3 is 1.89 bits per heavy atom. The van der Waals surface area contributed by atoms with Gasteiger partial charge in [-0.3, -0.25) is 0 Å². The van der Waals surface area contributed by atoms with Gasteiger partial charge in [0.05, 0.1) is 11.2 Å². The van der Waals surface area contributed by atoms with E-state index in [1.807, 2.05) is 29.6 Å². The van der Waals surface area contributed by atoms with Crippen LogP contribution in [0, 0.1) is 0 Å². The quantitative estimate of drug-likeness (QED) is 0.157. The van der Waals surface area contributed by atoms with Gasteiger partial charge in [0.1, 0.15) is 0 Å². The number of allylic oxidation sites excluding steroid dienone is 3. The summed E-state index contributed by atoms with van der Waals surface area (Å²) in [6.07, 6.45) is 5.93. The van der Waals surface area contributed by atoms with Crippen LogP contribution in [-0.4, -0.2) is 4.57 Å². The Hall–Kier alpha value is -6.48. The molecule has 2 heteroatoms. The molecule has 0 unspecified atom stereocenters. The van der Waals surface area contributed by atoms with Crippen LogP contribution in [0.3, 0.4) is 0 Å². The lowest BCUT2D eigenvalue weighted by Crippen LogP contribution is -1.97. The fraction of sp³-hybridized carbons (Fsp3) is 0.0196. The molecule has 0 atom stereocenters. The number of benzene rings is 7. The number of nitrogens with zero attached hydrogens (tertiary/aromatic N) is 1. The van der Waals surface area contributed by atoms with Crippen molar-refractivity contribution in [2.24, 2.45) is 0 Å². The summed E-state index contributed by atoms with van der Waals surface area (Å²) in [4.78, 5) is 0. The summed E-state index contributed by atoms with van der Waals surface area (Å²) in [6.45, 7) is 14.9. The van der Waals surface area contributed by atoms with E-state index < -0.39 is 0 Å². The van der Waals surface area contributed by atoms with Gasteiger partial charge in [0.25, 0.3) is 0 Å². The summed E-state index contributed by atoms with van der Waals surface area (Å²) in [6, 6.07) is 51.0. The van der Waals surface area contributed by atoms with Crippen LogP contribution in [0.2, 0.25) is 0 Å². The Labute approximate surface area is 313 Å². The molecule has 53 heavy (non-hydrogen) atoms. The minimum atomic E-state index is 1.04. The van der Waals surface area contributed by atoms with Crippen molar-refractivity contribution in [3.8, 4) is 39.1 Å². The maximum atomic E-state index is 4.25. The van der Waals surface area contributed by atoms with E-state index in [2.05, 4.69) is 171 Å². The van der Waals surface area contributed by atoms with Gasteiger partial charge in [-0.25, -0.2) is 0 Å². The van der Waals surface area contributed by atoms with E-state index in [4.69, 9.17) is 0 Å². The molecule has 2 heterocycles. The number of hydrogen-bond acceptors (Lipinski definition) is 1. The van der Waals surface area contributed by atoms with Gasteiger partial charge in [-0.05, 0) is 128 Å². The third-order valence-corrected chi connectivity index (χ3v) is 12.2. The van der Waals surface area contributed by atoms with E-state index in [0.717, 1.165) is 27.8 Å². The molecule has 0 radical (unpaired) electrons. The zero-order valence-electron chi connectivity index (χ0n) is 29.5. The summed E-state index contributed by atoms with van der Waals surface area (Å²) in [5.41, 5.74) is 16.7. The second-order valence-corrected chi connectivity index (χ2v) is 14.9. The number of hydrogen-bond donors (Lipinski definition) is 0. The Balaban J connectivity index is 1.07. The molecule has 0 saturated carbocycles. The van der Waals surface area contributed by atoms with Crippen molar-refractivity contribution in [1.82, 2.24) is 4.57 Å². The first-order valence-corrected chi connectivity index (χ1v) is 18.8. The lowest BCUT2D eigenvalue weighted by atomic mass is 9.96. The molecule has 250 valence electrons. The molecule has 0 spiro atoms. The van der Waals surface area contributed by atoms with Crippen molar-refractivity contribution in [2.45, 2.75) is 6.92 Å². The highest BCUT2D eigenvalue weighted by Gasteiger charge is 2.23. The summed E-state index contributed by atoms with van der Waals surface area (Å²) >= 11 is 1.88. The van der Waals surface area contributed by atoms with Crippen molar-refractivity contribution in [2.75, 3.05) is 0 Å². The summed E-state index contributed by atoms with van der Waals surface area (Å²) in [7, 11) is 0. The lowest BCUT2D eigenvalue weighted by Gasteiger charge is -2.11. The number of rotatable bonds is 7. The SMILES string of the molecule is C=CC1=C(C)c2cc3sc4ccc(-c5ccc6c(c5)c(C=C)c(C=C)n6-c5ccc(-c6cccc(-c7ccccc7)c6)cc5)cc4c3c3cccc1c23. The molecule has 0 saturated heterocycles. The van der Waals surface area contributed by atoms with Crippen molar-refractivity contribution < 1.29 is 0 Å². The molecule has 1 nitrogen and oxygen atoms in total. The second kappa shape index (κ2) is 12.1.